The van der Waals surface area contributed by atoms with Crippen LogP contribution in [0.3, 0.4) is 0 Å². The molecule has 0 unspecified atom stereocenters. The van der Waals surface area contributed by atoms with Crippen LogP contribution >= 0.6 is 11.3 Å². The molecule has 1 heterocycles. The second-order valence-corrected chi connectivity index (χ2v) is 7.62. The summed E-state index contributed by atoms with van der Waals surface area (Å²) in [6, 6.07) is 12.0. The average Bonchev–Trinajstić information content (AvgIpc) is 3.39. The van der Waals surface area contributed by atoms with E-state index in [-0.39, 0.29) is 17.7 Å². The molecule has 28 heavy (non-hydrogen) atoms. The second-order valence-electron chi connectivity index (χ2n) is 6.76. The van der Waals surface area contributed by atoms with Crippen LogP contribution < -0.4 is 10.6 Å². The van der Waals surface area contributed by atoms with Gasteiger partial charge in [-0.05, 0) is 43.2 Å². The number of carbonyl (C=O) groups is 2. The number of amides is 2. The van der Waals surface area contributed by atoms with Crippen LogP contribution in [-0.2, 0) is 9.59 Å². The van der Waals surface area contributed by atoms with E-state index in [9.17, 15) is 14.0 Å². The third-order valence-corrected chi connectivity index (χ3v) is 5.29. The molecule has 7 heteroatoms. The number of rotatable bonds is 5. The largest absolute Gasteiger partial charge is 0.326 e. The number of halogens is 1. The Bertz CT molecular complexity index is 1060. The highest BCUT2D eigenvalue weighted by Gasteiger charge is 2.29. The molecule has 3 aromatic rings. The minimum absolute atomic E-state index is 0.0540. The summed E-state index contributed by atoms with van der Waals surface area (Å²) in [6.07, 6.45) is 1.90. The molecular formula is C21H18FN3O2S. The van der Waals surface area contributed by atoms with Crippen LogP contribution in [0.2, 0.25) is 0 Å². The van der Waals surface area contributed by atoms with E-state index in [4.69, 9.17) is 0 Å². The van der Waals surface area contributed by atoms with E-state index < -0.39 is 5.82 Å². The summed E-state index contributed by atoms with van der Waals surface area (Å²) < 4.78 is 14.5. The van der Waals surface area contributed by atoms with Crippen LogP contribution in [0, 0.1) is 11.7 Å². The highest BCUT2D eigenvalue weighted by atomic mass is 32.1. The molecule has 0 atom stereocenters. The highest BCUT2D eigenvalue weighted by Crippen LogP contribution is 2.33. The molecule has 142 valence electrons. The Morgan fingerprint density at radius 1 is 1.11 bits per heavy atom. The normalized spacial score (nSPS) is 13.2. The molecule has 0 spiro atoms. The van der Waals surface area contributed by atoms with Crippen molar-refractivity contribution in [3.63, 3.8) is 0 Å². The van der Waals surface area contributed by atoms with E-state index >= 15 is 0 Å². The summed E-state index contributed by atoms with van der Waals surface area (Å²) in [5.74, 6) is -0.512. The Balaban J connectivity index is 1.56. The van der Waals surface area contributed by atoms with Crippen molar-refractivity contribution in [3.05, 3.63) is 53.7 Å². The lowest BCUT2D eigenvalue weighted by molar-refractivity contribution is -0.117. The van der Waals surface area contributed by atoms with Gasteiger partial charge in [0.1, 0.15) is 10.8 Å². The molecule has 1 fully saturated rings. The first kappa shape index (κ1) is 18.3. The monoisotopic (exact) mass is 395 g/mol. The maximum absolute atomic E-state index is 14.5. The Hall–Kier alpha value is -3.06. The van der Waals surface area contributed by atoms with Crippen molar-refractivity contribution >= 4 is 34.5 Å². The van der Waals surface area contributed by atoms with Gasteiger partial charge < -0.3 is 10.6 Å². The fourth-order valence-electron chi connectivity index (χ4n) is 2.85. The number of nitrogens with zero attached hydrogens (tertiary/aromatic N) is 1. The third kappa shape index (κ3) is 4.09. The van der Waals surface area contributed by atoms with Gasteiger partial charge in [0.05, 0.1) is 5.69 Å². The lowest BCUT2D eigenvalue weighted by Crippen LogP contribution is -2.13. The predicted octanol–water partition coefficient (Wildman–Crippen LogP) is 4.92. The van der Waals surface area contributed by atoms with Gasteiger partial charge in [-0.25, -0.2) is 9.37 Å². The van der Waals surface area contributed by atoms with Crippen molar-refractivity contribution in [2.24, 2.45) is 5.92 Å². The molecule has 2 aromatic carbocycles. The minimum Gasteiger partial charge on any atom is -0.326 e. The molecular weight excluding hydrogens is 377 g/mol. The van der Waals surface area contributed by atoms with Gasteiger partial charge in [-0.15, -0.1) is 11.3 Å². The smallest absolute Gasteiger partial charge is 0.227 e. The van der Waals surface area contributed by atoms with Crippen molar-refractivity contribution < 1.29 is 14.0 Å². The van der Waals surface area contributed by atoms with E-state index in [0.29, 0.717) is 16.9 Å². The van der Waals surface area contributed by atoms with Crippen molar-refractivity contribution in [1.29, 1.82) is 0 Å². The van der Waals surface area contributed by atoms with Gasteiger partial charge in [-0.1, -0.05) is 12.1 Å². The van der Waals surface area contributed by atoms with Crippen molar-refractivity contribution in [1.82, 2.24) is 4.98 Å². The molecule has 2 amide bonds. The summed E-state index contributed by atoms with van der Waals surface area (Å²) in [6.45, 7) is 1.37. The topological polar surface area (TPSA) is 71.1 Å². The van der Waals surface area contributed by atoms with Crippen LogP contribution in [0.15, 0.2) is 47.8 Å². The zero-order valence-electron chi connectivity index (χ0n) is 15.2. The van der Waals surface area contributed by atoms with Gasteiger partial charge in [0.15, 0.2) is 0 Å². The third-order valence-electron chi connectivity index (χ3n) is 4.39. The fourth-order valence-corrected chi connectivity index (χ4v) is 3.67. The molecule has 0 radical (unpaired) electrons. The molecule has 0 saturated heterocycles. The summed E-state index contributed by atoms with van der Waals surface area (Å²) in [7, 11) is 0. The lowest BCUT2D eigenvalue weighted by atomic mass is 10.1. The standard InChI is InChI=1S/C21H18FN3O2S/c1-12(26)23-16-7-8-17(18(22)10-16)19-11-28-21(25-19)14-3-2-4-15(9-14)24-20(27)13-5-6-13/h2-4,7-11,13H,5-6H2,1H3,(H,23,26)(H,24,27). The number of hydrogen-bond acceptors (Lipinski definition) is 4. The molecule has 4 rings (SSSR count). The van der Waals surface area contributed by atoms with E-state index in [1.54, 1.807) is 17.5 Å². The summed E-state index contributed by atoms with van der Waals surface area (Å²) in [5, 5.41) is 8.02. The number of benzene rings is 2. The van der Waals surface area contributed by atoms with Gasteiger partial charge in [0.25, 0.3) is 0 Å². The molecule has 1 aliphatic rings. The Labute approximate surface area is 165 Å². The van der Waals surface area contributed by atoms with Crippen molar-refractivity contribution in [3.8, 4) is 21.8 Å². The molecule has 1 saturated carbocycles. The molecule has 0 aliphatic heterocycles. The zero-order valence-corrected chi connectivity index (χ0v) is 16.0. The number of anilines is 2. The van der Waals surface area contributed by atoms with Crippen molar-refractivity contribution in [2.45, 2.75) is 19.8 Å². The maximum atomic E-state index is 14.5. The molecule has 1 aliphatic carbocycles. The number of thiazole rings is 1. The Morgan fingerprint density at radius 3 is 2.61 bits per heavy atom. The number of nitrogens with one attached hydrogen (secondary N) is 2. The first-order valence-electron chi connectivity index (χ1n) is 8.94. The zero-order chi connectivity index (χ0) is 19.7. The molecule has 2 N–H and O–H groups in total. The number of aromatic nitrogens is 1. The van der Waals surface area contributed by atoms with Gasteiger partial charge in [-0.2, -0.15) is 0 Å². The summed E-state index contributed by atoms with van der Waals surface area (Å²) >= 11 is 1.41. The second kappa shape index (κ2) is 7.52. The predicted molar refractivity (Wildman–Crippen MR) is 109 cm³/mol. The van der Waals surface area contributed by atoms with Gasteiger partial charge in [0, 0.05) is 40.7 Å². The van der Waals surface area contributed by atoms with Crippen LogP contribution in [0.1, 0.15) is 19.8 Å². The van der Waals surface area contributed by atoms with Crippen LogP contribution in [0.4, 0.5) is 15.8 Å². The molecule has 1 aromatic heterocycles. The first-order chi connectivity index (χ1) is 13.5. The summed E-state index contributed by atoms with van der Waals surface area (Å²) in [4.78, 5) is 27.6. The molecule has 0 bridgehead atoms. The van der Waals surface area contributed by atoms with Gasteiger partial charge in [0.2, 0.25) is 11.8 Å². The SMILES string of the molecule is CC(=O)Nc1ccc(-c2csc(-c3cccc(NC(=O)C4CC4)c3)n2)c(F)c1. The number of carbonyl (C=O) groups excluding carboxylic acids is 2. The molecule has 5 nitrogen and oxygen atoms in total. The van der Waals surface area contributed by atoms with E-state index in [0.717, 1.165) is 29.1 Å². The lowest BCUT2D eigenvalue weighted by Gasteiger charge is -2.06. The Kier molecular flexibility index (Phi) is 4.92. The minimum atomic E-state index is -0.450. The first-order valence-corrected chi connectivity index (χ1v) is 9.82. The average molecular weight is 395 g/mol. The highest BCUT2D eigenvalue weighted by molar-refractivity contribution is 7.13. The van der Waals surface area contributed by atoms with Gasteiger partial charge >= 0.3 is 0 Å². The van der Waals surface area contributed by atoms with Crippen molar-refractivity contribution in [2.75, 3.05) is 10.6 Å². The fraction of sp³-hybridized carbons (Fsp3) is 0.190. The van der Waals surface area contributed by atoms with Crippen LogP contribution in [0.25, 0.3) is 21.8 Å². The van der Waals surface area contributed by atoms with E-state index in [2.05, 4.69) is 15.6 Å². The van der Waals surface area contributed by atoms with Crippen LogP contribution in [-0.4, -0.2) is 16.8 Å². The van der Waals surface area contributed by atoms with E-state index in [1.165, 1.54) is 24.3 Å². The quantitative estimate of drug-likeness (QED) is 0.644. The summed E-state index contributed by atoms with van der Waals surface area (Å²) in [5.41, 5.74) is 2.90. The Morgan fingerprint density at radius 2 is 1.89 bits per heavy atom. The maximum Gasteiger partial charge on any atom is 0.227 e. The van der Waals surface area contributed by atoms with Crippen LogP contribution in [0.5, 0.6) is 0 Å². The van der Waals surface area contributed by atoms with Gasteiger partial charge in [-0.3, -0.25) is 9.59 Å². The number of hydrogen-bond donors (Lipinski definition) is 2. The van der Waals surface area contributed by atoms with E-state index in [1.807, 2.05) is 24.3 Å².